The minimum absolute atomic E-state index is 0.0439. The third-order valence-corrected chi connectivity index (χ3v) is 5.71. The summed E-state index contributed by atoms with van der Waals surface area (Å²) in [4.78, 5) is 29.9. The van der Waals surface area contributed by atoms with Crippen LogP contribution in [0, 0.1) is 0 Å². The number of carbonyl (C=O) groups excluding carboxylic acids is 1. The van der Waals surface area contributed by atoms with Crippen molar-refractivity contribution in [1.82, 2.24) is 29.9 Å². The fourth-order valence-electron chi connectivity index (χ4n) is 3.08. The second-order valence-corrected chi connectivity index (χ2v) is 8.11. The number of hydrogen-bond acceptors (Lipinski definition) is 9. The third-order valence-electron chi connectivity index (χ3n) is 4.70. The molecular formula is C19H20ClN9O2S. The average Bonchev–Trinajstić information content (AvgIpc) is 3.45. The molecule has 32 heavy (non-hydrogen) atoms. The Morgan fingerprint density at radius 1 is 1.25 bits per heavy atom. The first-order chi connectivity index (χ1) is 15.5. The Hall–Kier alpha value is -3.35. The number of carbonyl (C=O) groups is 1. The minimum Gasteiger partial charge on any atom is -0.383 e. The number of anilines is 3. The van der Waals surface area contributed by atoms with Gasteiger partial charge in [-0.1, -0.05) is 11.6 Å². The number of nitrogens with one attached hydrogen (secondary N) is 2. The van der Waals surface area contributed by atoms with Gasteiger partial charge >= 0.3 is 6.03 Å². The van der Waals surface area contributed by atoms with E-state index in [0.717, 1.165) is 10.5 Å². The zero-order valence-electron chi connectivity index (χ0n) is 17.5. The van der Waals surface area contributed by atoms with Gasteiger partial charge in [0, 0.05) is 20.2 Å². The quantitative estimate of drug-likeness (QED) is 0.418. The molecule has 4 heterocycles. The Balaban J connectivity index is 1.56. The molecule has 11 nitrogen and oxygen atoms in total. The zero-order chi connectivity index (χ0) is 22.7. The normalized spacial score (nSPS) is 12.0. The minimum atomic E-state index is -0.474. The standard InChI is InChI=1S/C19H20ClN9O2S/c1-11(9-31-3)28(2)16-14(8-22-18-15(16)23-10-32-18)27-19(30)26-12-6-13(20)17(21-7-12)29-24-4-5-25-29/h4-8,10-11H,9H2,1-3H3,(H2,26,27,30). The SMILES string of the molecule is COCC(C)N(C)c1c(NC(=O)Nc2cnc(-n3nccn3)c(Cl)c2)cnc2scnc12. The number of urea groups is 1. The molecule has 4 aromatic rings. The lowest BCUT2D eigenvalue weighted by molar-refractivity contribution is 0.183. The molecule has 0 aliphatic heterocycles. The fraction of sp³-hybridized carbons (Fsp3) is 0.263. The molecule has 0 aliphatic carbocycles. The highest BCUT2D eigenvalue weighted by atomic mass is 35.5. The van der Waals surface area contributed by atoms with E-state index in [4.69, 9.17) is 16.3 Å². The van der Waals surface area contributed by atoms with Crippen molar-refractivity contribution in [2.75, 3.05) is 36.3 Å². The maximum Gasteiger partial charge on any atom is 0.323 e. The van der Waals surface area contributed by atoms with Gasteiger partial charge in [-0.05, 0) is 13.0 Å². The summed E-state index contributed by atoms with van der Waals surface area (Å²) in [7, 11) is 3.57. The summed E-state index contributed by atoms with van der Waals surface area (Å²) >= 11 is 7.71. The number of pyridine rings is 2. The molecule has 0 aliphatic rings. The van der Waals surface area contributed by atoms with Crippen molar-refractivity contribution in [2.45, 2.75) is 13.0 Å². The maximum atomic E-state index is 12.7. The van der Waals surface area contributed by atoms with E-state index in [1.54, 1.807) is 24.9 Å². The van der Waals surface area contributed by atoms with E-state index in [9.17, 15) is 4.79 Å². The van der Waals surface area contributed by atoms with Crippen LogP contribution in [0.4, 0.5) is 21.9 Å². The number of fused-ring (bicyclic) bond motifs is 1. The number of likely N-dealkylation sites (N-methyl/N-ethyl adjacent to an activating group) is 1. The maximum absolute atomic E-state index is 12.7. The van der Waals surface area contributed by atoms with Crippen molar-refractivity contribution in [2.24, 2.45) is 0 Å². The Labute approximate surface area is 192 Å². The average molecular weight is 474 g/mol. The molecule has 0 radical (unpaired) electrons. The molecule has 0 bridgehead atoms. The summed E-state index contributed by atoms with van der Waals surface area (Å²) < 4.78 is 5.28. The highest BCUT2D eigenvalue weighted by Crippen LogP contribution is 2.34. The number of aromatic nitrogens is 6. The summed E-state index contributed by atoms with van der Waals surface area (Å²) in [5.41, 5.74) is 4.12. The first-order valence-corrected chi connectivity index (χ1v) is 10.8. The number of amides is 2. The van der Waals surface area contributed by atoms with E-state index in [2.05, 4.69) is 35.8 Å². The lowest BCUT2D eigenvalue weighted by atomic mass is 10.2. The molecule has 0 saturated carbocycles. The lowest BCUT2D eigenvalue weighted by Gasteiger charge is -2.28. The van der Waals surface area contributed by atoms with Gasteiger partial charge in [0.1, 0.15) is 10.3 Å². The van der Waals surface area contributed by atoms with Crippen LogP contribution >= 0.6 is 22.9 Å². The van der Waals surface area contributed by atoms with Crippen LogP contribution in [0.3, 0.4) is 0 Å². The van der Waals surface area contributed by atoms with Crippen molar-refractivity contribution in [1.29, 1.82) is 0 Å². The van der Waals surface area contributed by atoms with E-state index in [1.165, 1.54) is 34.7 Å². The first-order valence-electron chi connectivity index (χ1n) is 9.52. The summed E-state index contributed by atoms with van der Waals surface area (Å²) in [5.74, 6) is 0.358. The number of ether oxygens (including phenoxy) is 1. The van der Waals surface area contributed by atoms with Gasteiger partial charge in [0.05, 0.1) is 59.0 Å². The Kier molecular flexibility index (Phi) is 6.44. The van der Waals surface area contributed by atoms with Crippen molar-refractivity contribution in [3.8, 4) is 5.82 Å². The zero-order valence-corrected chi connectivity index (χ0v) is 19.1. The molecule has 0 spiro atoms. The number of halogens is 1. The number of rotatable bonds is 7. The molecular weight excluding hydrogens is 454 g/mol. The molecule has 2 N–H and O–H groups in total. The van der Waals surface area contributed by atoms with Crippen molar-refractivity contribution in [3.05, 3.63) is 41.4 Å². The second-order valence-electron chi connectivity index (χ2n) is 6.87. The molecule has 0 aromatic carbocycles. The number of hydrogen-bond donors (Lipinski definition) is 2. The van der Waals surface area contributed by atoms with Crippen LogP contribution in [0.1, 0.15) is 6.92 Å². The predicted molar refractivity (Wildman–Crippen MR) is 124 cm³/mol. The Morgan fingerprint density at radius 3 is 2.75 bits per heavy atom. The molecule has 0 saturated heterocycles. The van der Waals surface area contributed by atoms with Gasteiger partial charge in [-0.2, -0.15) is 10.2 Å². The van der Waals surface area contributed by atoms with Gasteiger partial charge in [0.15, 0.2) is 5.82 Å². The largest absolute Gasteiger partial charge is 0.383 e. The third kappa shape index (κ3) is 4.47. The molecule has 13 heteroatoms. The highest BCUT2D eigenvalue weighted by Gasteiger charge is 2.21. The topological polar surface area (TPSA) is 123 Å². The van der Waals surface area contributed by atoms with Gasteiger partial charge in [-0.25, -0.2) is 19.7 Å². The molecule has 1 atom stereocenters. The van der Waals surface area contributed by atoms with Gasteiger partial charge in [-0.3, -0.25) is 0 Å². The number of nitrogens with zero attached hydrogens (tertiary/aromatic N) is 7. The van der Waals surface area contributed by atoms with Crippen LogP contribution in [-0.2, 0) is 4.74 Å². The Bertz CT molecular complexity index is 1230. The van der Waals surface area contributed by atoms with Crippen molar-refractivity contribution >= 4 is 56.4 Å². The summed E-state index contributed by atoms with van der Waals surface area (Å²) in [6.45, 7) is 2.54. The number of methoxy groups -OCH3 is 1. The van der Waals surface area contributed by atoms with Gasteiger partial charge in [0.2, 0.25) is 0 Å². The van der Waals surface area contributed by atoms with Crippen LogP contribution in [0.2, 0.25) is 5.02 Å². The second kappa shape index (κ2) is 9.42. The highest BCUT2D eigenvalue weighted by molar-refractivity contribution is 7.16. The molecule has 166 valence electrons. The smallest absolute Gasteiger partial charge is 0.323 e. The van der Waals surface area contributed by atoms with Crippen LogP contribution in [0.5, 0.6) is 0 Å². The van der Waals surface area contributed by atoms with E-state index in [-0.39, 0.29) is 6.04 Å². The van der Waals surface area contributed by atoms with Crippen LogP contribution in [0.25, 0.3) is 16.2 Å². The van der Waals surface area contributed by atoms with E-state index in [0.29, 0.717) is 34.3 Å². The summed E-state index contributed by atoms with van der Waals surface area (Å²) in [5, 5.41) is 13.9. The van der Waals surface area contributed by atoms with Gasteiger partial charge in [-0.15, -0.1) is 16.1 Å². The van der Waals surface area contributed by atoms with E-state index < -0.39 is 6.03 Å². The molecule has 4 aromatic heterocycles. The van der Waals surface area contributed by atoms with Crippen LogP contribution in [0.15, 0.2) is 36.4 Å². The van der Waals surface area contributed by atoms with Crippen molar-refractivity contribution < 1.29 is 9.53 Å². The predicted octanol–water partition coefficient (Wildman–Crippen LogP) is 3.44. The fourth-order valence-corrected chi connectivity index (χ4v) is 3.96. The van der Waals surface area contributed by atoms with E-state index >= 15 is 0 Å². The lowest BCUT2D eigenvalue weighted by Crippen LogP contribution is -2.34. The van der Waals surface area contributed by atoms with Crippen molar-refractivity contribution in [3.63, 3.8) is 0 Å². The van der Waals surface area contributed by atoms with Crippen LogP contribution in [-0.4, -0.2) is 62.8 Å². The van der Waals surface area contributed by atoms with Gasteiger partial charge in [0.25, 0.3) is 0 Å². The summed E-state index contributed by atoms with van der Waals surface area (Å²) in [6, 6.07) is 1.14. The Morgan fingerprint density at radius 2 is 2.03 bits per heavy atom. The molecule has 2 amide bonds. The van der Waals surface area contributed by atoms with Crippen LogP contribution < -0.4 is 15.5 Å². The van der Waals surface area contributed by atoms with E-state index in [1.807, 2.05) is 18.9 Å². The summed E-state index contributed by atoms with van der Waals surface area (Å²) in [6.07, 6.45) is 6.13. The first kappa shape index (κ1) is 21.9. The molecule has 0 fully saturated rings. The molecule has 4 rings (SSSR count). The molecule has 1 unspecified atom stereocenters. The monoisotopic (exact) mass is 473 g/mol. The van der Waals surface area contributed by atoms with Gasteiger partial charge < -0.3 is 20.3 Å². The number of thiazole rings is 1.